The molecule has 3 atom stereocenters. The first-order valence-electron chi connectivity index (χ1n) is 10.5. The van der Waals surface area contributed by atoms with Crippen molar-refractivity contribution >= 4 is 15.7 Å². The Balaban J connectivity index is 1.42. The number of carbonyl (C=O) groups excluding carboxylic acids is 1. The highest BCUT2D eigenvalue weighted by Crippen LogP contribution is 2.65. The molecule has 28 heavy (non-hydrogen) atoms. The number of nitrogens with one attached hydrogen (secondary N) is 1. The summed E-state index contributed by atoms with van der Waals surface area (Å²) in [5, 5.41) is 3.14. The van der Waals surface area contributed by atoms with Crippen LogP contribution in [0.5, 0.6) is 5.75 Å². The monoisotopic (exact) mass is 403 g/mol. The molecular weight excluding hydrogens is 374 g/mol. The molecule has 1 aromatic rings. The Bertz CT molecular complexity index is 878. The normalized spacial score (nSPS) is 40.4. The average molecular weight is 404 g/mol. The molecular formula is C22H29NO4S. The van der Waals surface area contributed by atoms with Gasteiger partial charge in [0.25, 0.3) is 0 Å². The molecule has 0 unspecified atom stereocenters. The van der Waals surface area contributed by atoms with E-state index in [1.807, 2.05) is 12.1 Å². The molecule has 4 bridgehead atoms. The van der Waals surface area contributed by atoms with Crippen LogP contribution >= 0.6 is 0 Å². The Morgan fingerprint density at radius 2 is 1.79 bits per heavy atom. The summed E-state index contributed by atoms with van der Waals surface area (Å²) in [6, 6.07) is 8.22. The number of rotatable bonds is 4. The van der Waals surface area contributed by atoms with E-state index in [2.05, 4.69) is 17.4 Å². The van der Waals surface area contributed by atoms with Crippen molar-refractivity contribution in [2.45, 2.75) is 56.4 Å². The molecule has 1 saturated heterocycles. The molecule has 1 N–H and O–H groups in total. The van der Waals surface area contributed by atoms with Crippen molar-refractivity contribution in [3.63, 3.8) is 0 Å². The Hall–Kier alpha value is -1.56. The van der Waals surface area contributed by atoms with Crippen LogP contribution in [-0.4, -0.2) is 39.0 Å². The van der Waals surface area contributed by atoms with Gasteiger partial charge in [-0.3, -0.25) is 4.79 Å². The van der Waals surface area contributed by atoms with Gasteiger partial charge >= 0.3 is 0 Å². The lowest BCUT2D eigenvalue weighted by molar-refractivity contribution is -0.149. The molecule has 4 aliphatic carbocycles. The average Bonchev–Trinajstić information content (AvgIpc) is 2.99. The summed E-state index contributed by atoms with van der Waals surface area (Å²) in [4.78, 5) is 13.4. The lowest BCUT2D eigenvalue weighted by atomic mass is 9.42. The number of methoxy groups -OCH3 is 1. The van der Waals surface area contributed by atoms with E-state index in [-0.39, 0.29) is 34.3 Å². The van der Waals surface area contributed by atoms with Gasteiger partial charge in [-0.15, -0.1) is 0 Å². The fourth-order valence-corrected chi connectivity index (χ4v) is 8.73. The predicted octanol–water partition coefficient (Wildman–Crippen LogP) is 2.84. The highest BCUT2D eigenvalue weighted by Gasteiger charge is 2.61. The van der Waals surface area contributed by atoms with E-state index in [1.54, 1.807) is 7.11 Å². The molecule has 5 fully saturated rings. The number of amides is 1. The first kappa shape index (κ1) is 18.5. The van der Waals surface area contributed by atoms with Crippen molar-refractivity contribution in [1.82, 2.24) is 5.32 Å². The number of hydrogen-bond acceptors (Lipinski definition) is 4. The lowest BCUT2D eigenvalue weighted by Gasteiger charge is -2.61. The summed E-state index contributed by atoms with van der Waals surface area (Å²) in [5.74, 6) is 2.48. The summed E-state index contributed by atoms with van der Waals surface area (Å²) in [7, 11) is -1.30. The fraction of sp³-hybridized carbons (Fsp3) is 0.682. The van der Waals surface area contributed by atoms with Crippen LogP contribution in [0.1, 0.15) is 50.5 Å². The molecule has 0 radical (unpaired) electrons. The zero-order valence-corrected chi connectivity index (χ0v) is 17.3. The largest absolute Gasteiger partial charge is 0.497 e. The van der Waals surface area contributed by atoms with Gasteiger partial charge in [0.15, 0.2) is 9.84 Å². The quantitative estimate of drug-likeness (QED) is 0.839. The van der Waals surface area contributed by atoms with Crippen molar-refractivity contribution in [3.05, 3.63) is 29.8 Å². The van der Waals surface area contributed by atoms with Crippen LogP contribution in [0.4, 0.5) is 0 Å². The van der Waals surface area contributed by atoms with E-state index in [4.69, 9.17) is 4.74 Å². The number of sulfone groups is 1. The van der Waals surface area contributed by atoms with Crippen molar-refractivity contribution in [2.24, 2.45) is 17.3 Å². The number of hydrogen-bond donors (Lipinski definition) is 1. The van der Waals surface area contributed by atoms with Gasteiger partial charge in [0, 0.05) is 6.04 Å². The SMILES string of the molecule is COc1ccc(C23C[C@@H]4C[C@H](CC(C(=O)N[C@@H]5CCS(=O)(=O)C5)(C4)C2)C3)cc1. The number of ether oxygens (including phenoxy) is 1. The maximum Gasteiger partial charge on any atom is 0.226 e. The van der Waals surface area contributed by atoms with Gasteiger partial charge in [-0.1, -0.05) is 12.1 Å². The van der Waals surface area contributed by atoms with E-state index in [1.165, 1.54) is 24.8 Å². The fourth-order valence-electron chi connectivity index (χ4n) is 7.06. The Kier molecular flexibility index (Phi) is 4.10. The van der Waals surface area contributed by atoms with Crippen LogP contribution in [0.3, 0.4) is 0 Å². The van der Waals surface area contributed by atoms with Gasteiger partial charge in [-0.05, 0) is 79.9 Å². The van der Waals surface area contributed by atoms with Crippen LogP contribution in [-0.2, 0) is 20.0 Å². The van der Waals surface area contributed by atoms with Gasteiger partial charge in [0.05, 0.1) is 24.0 Å². The third-order valence-corrected chi connectivity index (χ3v) is 9.58. The minimum Gasteiger partial charge on any atom is -0.497 e. The van der Waals surface area contributed by atoms with E-state index in [0.29, 0.717) is 18.3 Å². The van der Waals surface area contributed by atoms with Crippen LogP contribution in [0.2, 0.25) is 0 Å². The minimum atomic E-state index is -2.99. The number of benzene rings is 1. The Morgan fingerprint density at radius 3 is 2.36 bits per heavy atom. The van der Waals surface area contributed by atoms with Crippen molar-refractivity contribution in [2.75, 3.05) is 18.6 Å². The maximum absolute atomic E-state index is 13.4. The van der Waals surface area contributed by atoms with Crippen molar-refractivity contribution in [1.29, 1.82) is 0 Å². The predicted molar refractivity (Wildman–Crippen MR) is 107 cm³/mol. The second-order valence-corrected chi connectivity index (χ2v) is 12.1. The molecule has 6 rings (SSSR count). The molecule has 1 amide bonds. The Morgan fingerprint density at radius 1 is 1.11 bits per heavy atom. The van der Waals surface area contributed by atoms with E-state index < -0.39 is 9.84 Å². The molecule has 1 aromatic carbocycles. The lowest BCUT2D eigenvalue weighted by Crippen LogP contribution is -2.60. The first-order chi connectivity index (χ1) is 13.3. The van der Waals surface area contributed by atoms with Gasteiger partial charge in [-0.2, -0.15) is 0 Å². The van der Waals surface area contributed by atoms with Crippen molar-refractivity contribution in [3.8, 4) is 5.75 Å². The molecule has 1 aliphatic heterocycles. The third-order valence-electron chi connectivity index (χ3n) is 7.81. The Labute approximate surface area is 167 Å². The van der Waals surface area contributed by atoms with E-state index in [0.717, 1.165) is 25.0 Å². The van der Waals surface area contributed by atoms with Gasteiger partial charge in [-0.25, -0.2) is 8.42 Å². The summed E-state index contributed by atoms with van der Waals surface area (Å²) in [6.45, 7) is 0. The zero-order valence-electron chi connectivity index (χ0n) is 16.4. The second kappa shape index (κ2) is 6.22. The van der Waals surface area contributed by atoms with Crippen LogP contribution < -0.4 is 10.1 Å². The second-order valence-electron chi connectivity index (χ2n) is 9.82. The summed E-state index contributed by atoms with van der Waals surface area (Å²) in [5.41, 5.74) is 1.09. The van der Waals surface area contributed by atoms with Crippen molar-refractivity contribution < 1.29 is 17.9 Å². The molecule has 5 nitrogen and oxygen atoms in total. The summed E-state index contributed by atoms with van der Waals surface area (Å²) >= 11 is 0. The highest BCUT2D eigenvalue weighted by atomic mass is 32.2. The smallest absolute Gasteiger partial charge is 0.226 e. The molecule has 5 aliphatic rings. The van der Waals surface area contributed by atoms with E-state index >= 15 is 0 Å². The highest BCUT2D eigenvalue weighted by molar-refractivity contribution is 7.91. The first-order valence-corrected chi connectivity index (χ1v) is 12.3. The summed E-state index contributed by atoms with van der Waals surface area (Å²) in [6.07, 6.45) is 6.96. The number of carbonyl (C=O) groups is 1. The van der Waals surface area contributed by atoms with Crippen LogP contribution in [0.25, 0.3) is 0 Å². The van der Waals surface area contributed by atoms with Crippen LogP contribution in [0, 0.1) is 17.3 Å². The third kappa shape index (κ3) is 2.95. The minimum absolute atomic E-state index is 0.0788. The van der Waals surface area contributed by atoms with Gasteiger partial charge in [0.1, 0.15) is 5.75 Å². The van der Waals surface area contributed by atoms with Gasteiger partial charge in [0.2, 0.25) is 5.91 Å². The molecule has 0 aromatic heterocycles. The molecule has 4 saturated carbocycles. The van der Waals surface area contributed by atoms with E-state index in [9.17, 15) is 13.2 Å². The topological polar surface area (TPSA) is 72.5 Å². The standard InChI is InChI=1S/C22H29NO4S/c1-27-19-4-2-17(3-5-19)21-9-15-8-16(10-21)12-22(11-15,14-21)20(24)23-18-6-7-28(25,26)13-18/h2-5,15-16,18H,6-14H2,1H3,(H,23,24)/t15-,16-,18+,21?,22?/m0/s1. The zero-order chi connectivity index (χ0) is 19.6. The maximum atomic E-state index is 13.4. The molecule has 152 valence electrons. The van der Waals surface area contributed by atoms with Gasteiger partial charge < -0.3 is 10.1 Å². The summed E-state index contributed by atoms with van der Waals surface area (Å²) < 4.78 is 28.9. The van der Waals surface area contributed by atoms with Crippen LogP contribution in [0.15, 0.2) is 24.3 Å². The molecule has 0 spiro atoms. The molecule has 6 heteroatoms. The molecule has 1 heterocycles.